The molecule has 4 saturated carbocycles. The normalized spacial score (nSPS) is 29.7. The van der Waals surface area contributed by atoms with E-state index in [-0.39, 0.29) is 34.9 Å². The number of nitrogens with zero attached hydrogens (tertiary/aromatic N) is 4. The van der Waals surface area contributed by atoms with E-state index in [9.17, 15) is 18.4 Å². The molecule has 0 unspecified atom stereocenters. The number of benzene rings is 2. The Balaban J connectivity index is 0.000000146. The number of carbonyl (C=O) groups is 2. The van der Waals surface area contributed by atoms with Crippen molar-refractivity contribution in [1.29, 1.82) is 0 Å². The van der Waals surface area contributed by atoms with Gasteiger partial charge in [-0.15, -0.1) is 0 Å². The molecule has 6 heterocycles. The second kappa shape index (κ2) is 18.5. The minimum Gasteiger partial charge on any atom is -0.490 e. The lowest BCUT2D eigenvalue weighted by Crippen LogP contribution is -2.60. The fraction of sp³-hybridized carbons (Fsp3) is 0.741. The summed E-state index contributed by atoms with van der Waals surface area (Å²) in [5, 5.41) is 0. The van der Waals surface area contributed by atoms with E-state index >= 15 is 0 Å². The molecule has 12 rings (SSSR count). The van der Waals surface area contributed by atoms with Gasteiger partial charge in [0.2, 0.25) is 0 Å². The lowest BCUT2D eigenvalue weighted by molar-refractivity contribution is -0.151. The maximum atomic E-state index is 14.1. The molecule has 2 spiro atoms. The summed E-state index contributed by atoms with van der Waals surface area (Å²) in [7, 11) is 0. The van der Waals surface area contributed by atoms with Gasteiger partial charge < -0.3 is 38.5 Å². The minimum atomic E-state index is -1.51. The van der Waals surface area contributed by atoms with Crippen LogP contribution in [0.4, 0.5) is 8.78 Å². The summed E-state index contributed by atoms with van der Waals surface area (Å²) in [5.74, 6) is 2.79. The molecule has 2 amide bonds. The molecule has 0 bridgehead atoms. The van der Waals surface area contributed by atoms with Crippen LogP contribution >= 0.6 is 0 Å². The third kappa shape index (κ3) is 9.52. The summed E-state index contributed by atoms with van der Waals surface area (Å²) in [6.45, 7) is 10.8. The molecule has 10 aliphatic rings. The molecule has 2 atom stereocenters. The number of para-hydroxylation sites is 2. The fourth-order valence-corrected chi connectivity index (χ4v) is 13.5. The van der Waals surface area contributed by atoms with E-state index in [2.05, 4.69) is 58.3 Å². The lowest BCUT2D eigenvalue weighted by atomic mass is 9.77. The summed E-state index contributed by atoms with van der Waals surface area (Å²) in [6.07, 6.45) is 18.0. The summed E-state index contributed by atoms with van der Waals surface area (Å²) < 4.78 is 52.1. The molecular weight excluding hydrogens is 839 g/mol. The van der Waals surface area contributed by atoms with Gasteiger partial charge in [0.25, 0.3) is 11.8 Å². The van der Waals surface area contributed by atoms with Crippen LogP contribution in [0, 0.1) is 10.8 Å². The van der Waals surface area contributed by atoms with Gasteiger partial charge in [0.15, 0.2) is 11.3 Å². The van der Waals surface area contributed by atoms with Gasteiger partial charge in [0.1, 0.15) is 23.7 Å². The van der Waals surface area contributed by atoms with Crippen molar-refractivity contribution >= 4 is 11.8 Å². The van der Waals surface area contributed by atoms with E-state index in [1.807, 2.05) is 0 Å². The third-order valence-corrected chi connectivity index (χ3v) is 17.9. The monoisotopic (exact) mass is 913 g/mol. The number of piperidine rings is 2. The molecule has 2 aromatic carbocycles. The molecule has 0 aromatic heterocycles. The van der Waals surface area contributed by atoms with Crippen molar-refractivity contribution in [1.82, 2.24) is 19.6 Å². The van der Waals surface area contributed by atoms with E-state index in [1.54, 1.807) is 9.80 Å². The maximum Gasteiger partial charge on any atom is 0.260 e. The van der Waals surface area contributed by atoms with E-state index in [4.69, 9.17) is 18.9 Å². The quantitative estimate of drug-likeness (QED) is 0.235. The first-order valence-corrected chi connectivity index (χ1v) is 26.2. The van der Waals surface area contributed by atoms with Gasteiger partial charge >= 0.3 is 0 Å². The van der Waals surface area contributed by atoms with Crippen LogP contribution < -0.4 is 9.47 Å². The van der Waals surface area contributed by atoms with Crippen molar-refractivity contribution in [3.8, 4) is 11.5 Å². The van der Waals surface area contributed by atoms with Gasteiger partial charge in [-0.3, -0.25) is 9.59 Å². The molecule has 6 saturated heterocycles. The van der Waals surface area contributed by atoms with Gasteiger partial charge in [-0.2, -0.15) is 0 Å². The number of likely N-dealkylation sites (tertiary alicyclic amines) is 4. The maximum absolute atomic E-state index is 14.1. The van der Waals surface area contributed by atoms with E-state index in [1.165, 1.54) is 75.3 Å². The molecule has 2 aromatic rings. The van der Waals surface area contributed by atoms with Crippen LogP contribution in [0.2, 0.25) is 0 Å². The first-order valence-electron chi connectivity index (χ1n) is 26.2. The Hall–Kier alpha value is -3.32. The first-order chi connectivity index (χ1) is 32.1. The molecule has 360 valence electrons. The predicted molar refractivity (Wildman–Crippen MR) is 248 cm³/mol. The predicted octanol–water partition coefficient (Wildman–Crippen LogP) is 8.61. The molecule has 12 heteroatoms. The minimum absolute atomic E-state index is 0.237. The number of amides is 2. The Bertz CT molecular complexity index is 1880. The summed E-state index contributed by atoms with van der Waals surface area (Å²) in [4.78, 5) is 33.5. The van der Waals surface area contributed by atoms with Crippen molar-refractivity contribution in [3.05, 3.63) is 59.7 Å². The van der Waals surface area contributed by atoms with Crippen molar-refractivity contribution in [3.63, 3.8) is 0 Å². The summed E-state index contributed by atoms with van der Waals surface area (Å²) in [5.41, 5.74) is 0.248. The number of hydrogen-bond donors (Lipinski definition) is 0. The van der Waals surface area contributed by atoms with E-state index in [0.29, 0.717) is 49.6 Å². The Morgan fingerprint density at radius 1 is 0.500 bits per heavy atom. The lowest BCUT2D eigenvalue weighted by Gasteiger charge is -2.49. The molecule has 6 aliphatic heterocycles. The van der Waals surface area contributed by atoms with E-state index in [0.717, 1.165) is 116 Å². The average molecular weight is 913 g/mol. The van der Waals surface area contributed by atoms with Crippen molar-refractivity contribution in [2.45, 2.75) is 163 Å². The number of alkyl halides is 2. The highest BCUT2D eigenvalue weighted by molar-refractivity contribution is 5.89. The van der Waals surface area contributed by atoms with Gasteiger partial charge in [-0.25, -0.2) is 8.78 Å². The van der Waals surface area contributed by atoms with Crippen LogP contribution in [-0.4, -0.2) is 146 Å². The fourth-order valence-electron chi connectivity index (χ4n) is 13.5. The van der Waals surface area contributed by atoms with Gasteiger partial charge in [-0.1, -0.05) is 36.4 Å². The van der Waals surface area contributed by atoms with Crippen LogP contribution in [0.3, 0.4) is 0 Å². The Morgan fingerprint density at radius 3 is 1.23 bits per heavy atom. The largest absolute Gasteiger partial charge is 0.490 e. The summed E-state index contributed by atoms with van der Waals surface area (Å²) >= 11 is 0. The SMILES string of the molecule is O=C(N1CC2(CC[C@@H](N3CCC(c4ccccc4OC4CCOCC4)CC3)C2)C1)C1(F)CC1.O=C(N1CC2(CC[C@H](N3CCC(c4ccccc4OC4CCOCC4)CC3)C2)C1)C1(F)CC1. The molecule has 0 radical (unpaired) electrons. The molecular formula is C54H74F2N4O6. The standard InChI is InChI=1S/2C27H37FN2O3/c2*28-27(11-12-27)25(31)30-18-26(19-30)10-5-21(17-26)29-13-6-20(7-14-29)23-3-1-2-4-24(23)33-22-8-15-32-16-9-22/h2*1-4,20-22H,5-19H2/t2*21-/m10/s1. The zero-order valence-electron chi connectivity index (χ0n) is 39.3. The highest BCUT2D eigenvalue weighted by Gasteiger charge is 2.60. The molecule has 10 fully saturated rings. The molecule has 0 N–H and O–H groups in total. The van der Waals surface area contributed by atoms with Crippen LogP contribution in [0.15, 0.2) is 48.5 Å². The van der Waals surface area contributed by atoms with Gasteiger partial charge in [0.05, 0.1) is 26.4 Å². The number of halogens is 2. The molecule has 4 aliphatic carbocycles. The highest BCUT2D eigenvalue weighted by atomic mass is 19.1. The number of carbonyl (C=O) groups excluding carboxylic acids is 2. The topological polar surface area (TPSA) is 84.0 Å². The number of hydrogen-bond acceptors (Lipinski definition) is 8. The summed E-state index contributed by atoms with van der Waals surface area (Å²) in [6, 6.07) is 18.5. The highest BCUT2D eigenvalue weighted by Crippen LogP contribution is 2.53. The van der Waals surface area contributed by atoms with Crippen LogP contribution in [0.25, 0.3) is 0 Å². The second-order valence-electron chi connectivity index (χ2n) is 22.6. The zero-order chi connectivity index (χ0) is 44.9. The Labute approximate surface area is 391 Å². The molecule has 66 heavy (non-hydrogen) atoms. The zero-order valence-corrected chi connectivity index (χ0v) is 39.3. The van der Waals surface area contributed by atoms with Gasteiger partial charge in [0, 0.05) is 74.8 Å². The van der Waals surface area contributed by atoms with Crippen LogP contribution in [0.5, 0.6) is 11.5 Å². The van der Waals surface area contributed by atoms with Crippen LogP contribution in [-0.2, 0) is 19.1 Å². The third-order valence-electron chi connectivity index (χ3n) is 17.9. The van der Waals surface area contributed by atoms with E-state index < -0.39 is 11.3 Å². The van der Waals surface area contributed by atoms with Crippen molar-refractivity contribution in [2.24, 2.45) is 10.8 Å². The van der Waals surface area contributed by atoms with Crippen LogP contribution in [0.1, 0.15) is 139 Å². The average Bonchev–Trinajstić information content (AvgIpc) is 4.15. The first kappa shape index (κ1) is 45.1. The number of ether oxygens (including phenoxy) is 4. The molecule has 10 nitrogen and oxygen atoms in total. The van der Waals surface area contributed by atoms with Crippen molar-refractivity contribution < 1.29 is 37.3 Å². The van der Waals surface area contributed by atoms with Crippen molar-refractivity contribution in [2.75, 3.05) is 78.8 Å². The van der Waals surface area contributed by atoms with Gasteiger partial charge in [-0.05, 0) is 151 Å². The Kier molecular flexibility index (Phi) is 12.7. The smallest absolute Gasteiger partial charge is 0.260 e. The number of rotatable bonds is 10. The Morgan fingerprint density at radius 2 is 0.864 bits per heavy atom. The second-order valence-corrected chi connectivity index (χ2v) is 22.6.